The molecule has 4 rings (SSSR count). The molecule has 0 atom stereocenters. The van der Waals surface area contributed by atoms with E-state index in [1.807, 2.05) is 32.0 Å². The Morgan fingerprint density at radius 3 is 2.54 bits per heavy atom. The molecule has 0 spiro atoms. The van der Waals surface area contributed by atoms with Gasteiger partial charge in [0, 0.05) is 45.8 Å². The summed E-state index contributed by atoms with van der Waals surface area (Å²) in [5, 5.41) is 6.12. The van der Waals surface area contributed by atoms with Gasteiger partial charge in [-0.1, -0.05) is 26.0 Å². The average molecular weight is 499 g/mol. The Labute approximate surface area is 209 Å². The van der Waals surface area contributed by atoms with E-state index in [1.165, 1.54) is 6.07 Å². The number of hydrogen-bond donors (Lipinski definition) is 2. The summed E-state index contributed by atoms with van der Waals surface area (Å²) in [6.07, 6.45) is -0.543. The van der Waals surface area contributed by atoms with E-state index in [4.69, 9.17) is 9.47 Å². The van der Waals surface area contributed by atoms with Crippen molar-refractivity contribution in [2.24, 2.45) is 0 Å². The lowest BCUT2D eigenvalue weighted by Crippen LogP contribution is -2.40. The molecule has 0 unspecified atom stereocenters. The molecule has 0 radical (unpaired) electrons. The molecular weight excluding hydrogens is 467 g/mol. The number of thioether (sulfide) groups is 1. The van der Waals surface area contributed by atoms with E-state index in [1.54, 1.807) is 45.7 Å². The Morgan fingerprint density at radius 2 is 1.89 bits per heavy atom. The van der Waals surface area contributed by atoms with Crippen LogP contribution in [0.1, 0.15) is 45.7 Å². The minimum Gasteiger partial charge on any atom is -0.496 e. The summed E-state index contributed by atoms with van der Waals surface area (Å²) in [5.74, 6) is 0.660. The van der Waals surface area contributed by atoms with Crippen LogP contribution in [0.4, 0.5) is 14.9 Å². The summed E-state index contributed by atoms with van der Waals surface area (Å²) < 4.78 is 26.5. The van der Waals surface area contributed by atoms with Gasteiger partial charge in [0.15, 0.2) is 5.78 Å². The van der Waals surface area contributed by atoms with E-state index in [0.29, 0.717) is 40.3 Å². The molecule has 2 N–H and O–H groups in total. The van der Waals surface area contributed by atoms with Gasteiger partial charge in [-0.25, -0.2) is 9.18 Å². The molecule has 1 amide bonds. The molecule has 0 bridgehead atoms. The van der Waals surface area contributed by atoms with Crippen LogP contribution in [0.2, 0.25) is 0 Å². The fourth-order valence-corrected chi connectivity index (χ4v) is 5.40. The number of benzene rings is 2. The summed E-state index contributed by atoms with van der Waals surface area (Å²) in [5.41, 5.74) is 2.77. The molecule has 186 valence electrons. The Morgan fingerprint density at radius 1 is 1.14 bits per heavy atom. The molecule has 2 aliphatic rings. The van der Waals surface area contributed by atoms with Crippen LogP contribution in [-0.4, -0.2) is 43.4 Å². The van der Waals surface area contributed by atoms with Gasteiger partial charge in [0.2, 0.25) is 0 Å². The number of carbonyl (C=O) groups excluding carboxylic acids is 2. The number of fused-ring (bicyclic) bond motifs is 2. The fraction of sp³-hybridized carbons (Fsp3) is 0.407. The first-order chi connectivity index (χ1) is 16.4. The summed E-state index contributed by atoms with van der Waals surface area (Å²) in [7, 11) is 1.57. The highest BCUT2D eigenvalue weighted by atomic mass is 32.2. The van der Waals surface area contributed by atoms with Gasteiger partial charge in [0.1, 0.15) is 17.2 Å². The third kappa shape index (κ3) is 5.03. The molecule has 6 nitrogen and oxygen atoms in total. The zero-order chi connectivity index (χ0) is 25.5. The number of halogens is 1. The highest BCUT2D eigenvalue weighted by molar-refractivity contribution is 8.04. The average Bonchev–Trinajstić information content (AvgIpc) is 3.16. The predicted molar refractivity (Wildman–Crippen MR) is 139 cm³/mol. The van der Waals surface area contributed by atoms with Gasteiger partial charge in [0.25, 0.3) is 0 Å². The van der Waals surface area contributed by atoms with Gasteiger partial charge in [-0.3, -0.25) is 4.79 Å². The van der Waals surface area contributed by atoms with E-state index in [-0.39, 0.29) is 12.3 Å². The number of anilines is 1. The second-order valence-electron chi connectivity index (χ2n) is 10.4. The summed E-state index contributed by atoms with van der Waals surface area (Å²) in [6, 6.07) is 8.78. The van der Waals surface area contributed by atoms with Crippen LogP contribution in [0.5, 0.6) is 5.75 Å². The lowest BCUT2D eigenvalue weighted by atomic mass is 9.82. The third-order valence-electron chi connectivity index (χ3n) is 6.07. The lowest BCUT2D eigenvalue weighted by molar-refractivity contribution is -0.111. The number of alkyl carbamates (subject to hydrolysis) is 1. The SMILES string of the molecule is COc1ccc2c(c1-c1ccc(C(C)(C)CNC(=O)OC(C)(C)C)c(F)c1)C1=C(CN2)SCC1=O. The Balaban J connectivity index is 1.70. The van der Waals surface area contributed by atoms with Crippen LogP contribution in [-0.2, 0) is 14.9 Å². The summed E-state index contributed by atoms with van der Waals surface area (Å²) >= 11 is 1.54. The highest BCUT2D eigenvalue weighted by Gasteiger charge is 2.34. The van der Waals surface area contributed by atoms with Crippen molar-refractivity contribution in [3.63, 3.8) is 0 Å². The second-order valence-corrected chi connectivity index (χ2v) is 11.4. The molecule has 0 saturated carbocycles. The van der Waals surface area contributed by atoms with Gasteiger partial charge in [-0.2, -0.15) is 0 Å². The number of methoxy groups -OCH3 is 1. The van der Waals surface area contributed by atoms with Crippen molar-refractivity contribution in [2.45, 2.75) is 45.6 Å². The largest absolute Gasteiger partial charge is 0.496 e. The van der Waals surface area contributed by atoms with Crippen LogP contribution >= 0.6 is 11.8 Å². The van der Waals surface area contributed by atoms with Gasteiger partial charge < -0.3 is 20.1 Å². The molecule has 2 aromatic carbocycles. The van der Waals surface area contributed by atoms with E-state index in [2.05, 4.69) is 10.6 Å². The number of carbonyl (C=O) groups is 2. The van der Waals surface area contributed by atoms with Crippen LogP contribution in [0.15, 0.2) is 35.2 Å². The van der Waals surface area contributed by atoms with E-state index < -0.39 is 22.9 Å². The van der Waals surface area contributed by atoms with Crippen molar-refractivity contribution in [3.8, 4) is 16.9 Å². The predicted octanol–water partition coefficient (Wildman–Crippen LogP) is 5.76. The minimum atomic E-state index is -0.685. The maximum atomic E-state index is 15.6. The van der Waals surface area contributed by atoms with Gasteiger partial charge in [0.05, 0.1) is 12.9 Å². The summed E-state index contributed by atoms with van der Waals surface area (Å²) in [4.78, 5) is 25.9. The molecule has 8 heteroatoms. The number of amides is 1. The second kappa shape index (κ2) is 9.22. The van der Waals surface area contributed by atoms with Crippen molar-refractivity contribution in [3.05, 3.63) is 52.2 Å². The molecule has 2 heterocycles. The molecule has 0 fully saturated rings. The number of rotatable bonds is 5. The molecule has 0 aliphatic carbocycles. The monoisotopic (exact) mass is 498 g/mol. The van der Waals surface area contributed by atoms with E-state index >= 15 is 4.39 Å². The fourth-order valence-electron chi connectivity index (χ4n) is 4.42. The topological polar surface area (TPSA) is 76.7 Å². The Kier molecular flexibility index (Phi) is 6.62. The van der Waals surface area contributed by atoms with E-state index in [0.717, 1.165) is 16.2 Å². The smallest absolute Gasteiger partial charge is 0.407 e. The van der Waals surface area contributed by atoms with E-state index in [9.17, 15) is 9.59 Å². The lowest BCUT2D eigenvalue weighted by Gasteiger charge is -2.28. The third-order valence-corrected chi connectivity index (χ3v) is 7.18. The van der Waals surface area contributed by atoms with Crippen LogP contribution < -0.4 is 15.4 Å². The number of ketones is 1. The summed E-state index contributed by atoms with van der Waals surface area (Å²) in [6.45, 7) is 9.91. The van der Waals surface area contributed by atoms with Crippen LogP contribution in [0, 0.1) is 5.82 Å². The normalized spacial score (nSPS) is 15.3. The molecule has 35 heavy (non-hydrogen) atoms. The maximum Gasteiger partial charge on any atom is 0.407 e. The molecule has 0 saturated heterocycles. The van der Waals surface area contributed by atoms with Gasteiger partial charge in [-0.15, -0.1) is 11.8 Å². The zero-order valence-electron chi connectivity index (χ0n) is 20.9. The quantitative estimate of drug-likeness (QED) is 0.546. The molecule has 0 aromatic heterocycles. The maximum absolute atomic E-state index is 15.6. The molecular formula is C27H31FN2O4S. The van der Waals surface area contributed by atoms with Crippen molar-refractivity contribution in [1.29, 1.82) is 0 Å². The first-order valence-electron chi connectivity index (χ1n) is 11.5. The number of ether oxygens (including phenoxy) is 2. The van der Waals surface area contributed by atoms with Crippen molar-refractivity contribution in [1.82, 2.24) is 5.32 Å². The van der Waals surface area contributed by atoms with Gasteiger partial charge >= 0.3 is 6.09 Å². The number of allylic oxidation sites excluding steroid dienone is 1. The number of hydrogen-bond acceptors (Lipinski definition) is 6. The zero-order valence-corrected chi connectivity index (χ0v) is 21.7. The van der Waals surface area contributed by atoms with Gasteiger partial charge in [-0.05, 0) is 50.1 Å². The minimum absolute atomic E-state index is 0.0775. The molecule has 2 aromatic rings. The van der Waals surface area contributed by atoms with Crippen molar-refractivity contribution < 1.29 is 23.5 Å². The standard InChI is InChI=1S/C27H31FN2O4S/c1-26(2,3)34-25(32)30-14-27(4,5)16-8-7-15(11-17(16)28)22-20(33-6)10-9-18-23(22)24-19(31)13-35-21(24)12-29-18/h7-11,29H,12-14H2,1-6H3,(H,30,32). The number of Topliss-reactive ketones (excluding diaryl/α,β-unsaturated/α-hetero) is 1. The Hall–Kier alpha value is -3.00. The Bertz CT molecular complexity index is 1230. The van der Waals surface area contributed by atoms with Crippen molar-refractivity contribution in [2.75, 3.05) is 31.3 Å². The van der Waals surface area contributed by atoms with Crippen LogP contribution in [0.25, 0.3) is 16.7 Å². The number of nitrogens with one attached hydrogen (secondary N) is 2. The van der Waals surface area contributed by atoms with Crippen LogP contribution in [0.3, 0.4) is 0 Å². The highest BCUT2D eigenvalue weighted by Crippen LogP contribution is 2.49. The first-order valence-corrected chi connectivity index (χ1v) is 12.5. The first kappa shape index (κ1) is 25.1. The molecule has 2 aliphatic heterocycles. The van der Waals surface area contributed by atoms with Crippen molar-refractivity contribution >= 4 is 34.9 Å².